The predicted octanol–water partition coefficient (Wildman–Crippen LogP) is 3.90. The lowest BCUT2D eigenvalue weighted by molar-refractivity contribution is 0.303. The topological polar surface area (TPSA) is 34.1 Å². The van der Waals surface area contributed by atoms with Crippen molar-refractivity contribution in [3.63, 3.8) is 0 Å². The lowest BCUT2D eigenvalue weighted by Gasteiger charge is -2.13. The van der Waals surface area contributed by atoms with E-state index in [-0.39, 0.29) is 0 Å². The number of aromatic nitrogens is 1. The molecule has 2 rings (SSSR count). The zero-order valence-electron chi connectivity index (χ0n) is 11.1. The van der Waals surface area contributed by atoms with Gasteiger partial charge in [-0.1, -0.05) is 19.1 Å². The largest absolute Gasteiger partial charge is 0.486 e. The Morgan fingerprint density at radius 2 is 2.26 bits per heavy atom. The van der Waals surface area contributed by atoms with Crippen molar-refractivity contribution in [1.82, 2.24) is 10.3 Å². The molecule has 0 amide bonds. The van der Waals surface area contributed by atoms with E-state index >= 15 is 0 Å². The maximum Gasteiger partial charge on any atom is 0.138 e. The van der Waals surface area contributed by atoms with Crippen LogP contribution >= 0.6 is 27.3 Å². The second-order valence-electron chi connectivity index (χ2n) is 4.14. The summed E-state index contributed by atoms with van der Waals surface area (Å²) in [5, 5.41) is 4.39. The smallest absolute Gasteiger partial charge is 0.138 e. The Morgan fingerprint density at radius 3 is 2.95 bits per heavy atom. The van der Waals surface area contributed by atoms with Crippen molar-refractivity contribution in [2.24, 2.45) is 0 Å². The maximum absolute atomic E-state index is 5.95. The van der Waals surface area contributed by atoms with Gasteiger partial charge in [-0.25, -0.2) is 4.98 Å². The van der Waals surface area contributed by atoms with Gasteiger partial charge in [-0.15, -0.1) is 11.3 Å². The Bertz CT molecular complexity index is 542. The number of rotatable bonds is 6. The van der Waals surface area contributed by atoms with Crippen LogP contribution in [-0.4, -0.2) is 11.5 Å². The number of nitrogens with one attached hydrogen (secondary N) is 1. The summed E-state index contributed by atoms with van der Waals surface area (Å²) in [5.74, 6) is 0.912. The fourth-order valence-corrected chi connectivity index (χ4v) is 2.96. The van der Waals surface area contributed by atoms with Crippen molar-refractivity contribution in [1.29, 1.82) is 0 Å². The van der Waals surface area contributed by atoms with E-state index in [2.05, 4.69) is 39.2 Å². The van der Waals surface area contributed by atoms with Crippen molar-refractivity contribution >= 4 is 27.3 Å². The molecule has 102 valence electrons. The average Bonchev–Trinajstić information content (AvgIpc) is 2.81. The van der Waals surface area contributed by atoms with Gasteiger partial charge in [-0.05, 0) is 35.5 Å². The highest BCUT2D eigenvalue weighted by atomic mass is 79.9. The molecule has 0 fully saturated rings. The van der Waals surface area contributed by atoms with Crippen LogP contribution < -0.4 is 10.1 Å². The zero-order chi connectivity index (χ0) is 13.7. The van der Waals surface area contributed by atoms with Gasteiger partial charge in [-0.3, -0.25) is 0 Å². The molecule has 3 nitrogen and oxygen atoms in total. The van der Waals surface area contributed by atoms with Gasteiger partial charge >= 0.3 is 0 Å². The van der Waals surface area contributed by atoms with Crippen molar-refractivity contribution < 1.29 is 4.74 Å². The fraction of sp³-hybridized carbons (Fsp3) is 0.357. The predicted molar refractivity (Wildman–Crippen MR) is 82.7 cm³/mol. The van der Waals surface area contributed by atoms with Gasteiger partial charge in [0, 0.05) is 18.3 Å². The summed E-state index contributed by atoms with van der Waals surface area (Å²) in [6, 6.07) is 6.11. The first-order valence-corrected chi connectivity index (χ1v) is 7.84. The van der Waals surface area contributed by atoms with Crippen molar-refractivity contribution in [3.05, 3.63) is 44.3 Å². The first-order chi connectivity index (χ1) is 9.20. The number of thiazole rings is 1. The monoisotopic (exact) mass is 340 g/mol. The summed E-state index contributed by atoms with van der Waals surface area (Å²) < 4.78 is 6.94. The minimum Gasteiger partial charge on any atom is -0.486 e. The normalized spacial score (nSPS) is 10.7. The molecule has 0 spiro atoms. The summed E-state index contributed by atoms with van der Waals surface area (Å²) in [5.41, 5.74) is 1.16. The molecule has 0 aliphatic rings. The summed E-state index contributed by atoms with van der Waals surface area (Å²) in [4.78, 5) is 5.38. The van der Waals surface area contributed by atoms with Crippen molar-refractivity contribution in [2.45, 2.75) is 27.0 Å². The number of halogens is 1. The van der Waals surface area contributed by atoms with Crippen LogP contribution in [0.4, 0.5) is 0 Å². The van der Waals surface area contributed by atoms with E-state index in [1.54, 1.807) is 11.3 Å². The van der Waals surface area contributed by atoms with Gasteiger partial charge in [0.2, 0.25) is 0 Å². The molecule has 0 saturated heterocycles. The van der Waals surface area contributed by atoms with E-state index in [1.807, 2.05) is 25.3 Å². The fourth-order valence-electron chi connectivity index (χ4n) is 1.73. The average molecular weight is 341 g/mol. The van der Waals surface area contributed by atoms with E-state index in [1.165, 1.54) is 0 Å². The number of hydrogen-bond acceptors (Lipinski definition) is 4. The van der Waals surface area contributed by atoms with Gasteiger partial charge in [0.05, 0.1) is 14.4 Å². The van der Waals surface area contributed by atoms with E-state index in [0.717, 1.165) is 38.8 Å². The number of benzene rings is 1. The molecule has 5 heteroatoms. The highest BCUT2D eigenvalue weighted by Crippen LogP contribution is 2.30. The third kappa shape index (κ3) is 4.03. The number of aryl methyl sites for hydroxylation is 1. The molecule has 0 unspecified atom stereocenters. The van der Waals surface area contributed by atoms with Crippen LogP contribution in [0.3, 0.4) is 0 Å². The first kappa shape index (κ1) is 14.5. The van der Waals surface area contributed by atoms with E-state index < -0.39 is 0 Å². The second kappa shape index (κ2) is 7.03. The van der Waals surface area contributed by atoms with Crippen molar-refractivity contribution in [2.75, 3.05) is 6.54 Å². The summed E-state index contributed by atoms with van der Waals surface area (Å²) >= 11 is 5.22. The molecule has 0 radical (unpaired) electrons. The van der Waals surface area contributed by atoms with Crippen LogP contribution in [0.5, 0.6) is 5.75 Å². The standard InChI is InChI=1S/C14H17BrN2OS/c1-3-16-7-11-5-4-6-13(15)14(11)18-9-12-8-17-10(2)19-12/h4-6,8,16H,3,7,9H2,1-2H3. The third-order valence-electron chi connectivity index (χ3n) is 2.64. The number of hydrogen-bond donors (Lipinski definition) is 1. The summed E-state index contributed by atoms with van der Waals surface area (Å²) in [6.45, 7) is 6.42. The molecule has 1 N–H and O–H groups in total. The molecule has 2 aromatic rings. The quantitative estimate of drug-likeness (QED) is 0.865. The van der Waals surface area contributed by atoms with Crippen LogP contribution in [0.2, 0.25) is 0 Å². The summed E-state index contributed by atoms with van der Waals surface area (Å²) in [6.07, 6.45) is 1.88. The molecule has 0 aliphatic heterocycles. The van der Waals surface area contributed by atoms with Crippen LogP contribution in [-0.2, 0) is 13.2 Å². The molecule has 0 atom stereocenters. The summed E-state index contributed by atoms with van der Waals surface area (Å²) in [7, 11) is 0. The maximum atomic E-state index is 5.95. The van der Waals surface area contributed by atoms with Crippen molar-refractivity contribution in [3.8, 4) is 5.75 Å². The molecular weight excluding hydrogens is 324 g/mol. The minimum atomic E-state index is 0.563. The van der Waals surface area contributed by atoms with Crippen LogP contribution in [0.1, 0.15) is 22.4 Å². The van der Waals surface area contributed by atoms with Gasteiger partial charge in [-0.2, -0.15) is 0 Å². The second-order valence-corrected chi connectivity index (χ2v) is 6.32. The molecule has 0 saturated carbocycles. The van der Waals surface area contributed by atoms with E-state index in [0.29, 0.717) is 6.61 Å². The van der Waals surface area contributed by atoms with Gasteiger partial charge in [0.25, 0.3) is 0 Å². The van der Waals surface area contributed by atoms with Gasteiger partial charge in [0.15, 0.2) is 0 Å². The first-order valence-electron chi connectivity index (χ1n) is 6.23. The Balaban J connectivity index is 2.09. The SMILES string of the molecule is CCNCc1cccc(Br)c1OCc1cnc(C)s1. The molecule has 19 heavy (non-hydrogen) atoms. The lowest BCUT2D eigenvalue weighted by Crippen LogP contribution is -2.13. The Hall–Kier alpha value is -0.910. The molecule has 1 aromatic carbocycles. The molecule has 0 bridgehead atoms. The number of ether oxygens (including phenoxy) is 1. The van der Waals surface area contributed by atoms with Crippen LogP contribution in [0, 0.1) is 6.92 Å². The molecule has 1 heterocycles. The molecule has 0 aliphatic carbocycles. The van der Waals surface area contributed by atoms with E-state index in [4.69, 9.17) is 4.74 Å². The van der Waals surface area contributed by atoms with Crippen LogP contribution in [0.25, 0.3) is 0 Å². The molecule has 1 aromatic heterocycles. The number of para-hydroxylation sites is 1. The zero-order valence-corrected chi connectivity index (χ0v) is 13.5. The Morgan fingerprint density at radius 1 is 1.42 bits per heavy atom. The lowest BCUT2D eigenvalue weighted by atomic mass is 10.2. The minimum absolute atomic E-state index is 0.563. The van der Waals surface area contributed by atoms with E-state index in [9.17, 15) is 0 Å². The van der Waals surface area contributed by atoms with Crippen LogP contribution in [0.15, 0.2) is 28.9 Å². The Kier molecular flexibility index (Phi) is 5.36. The van der Waals surface area contributed by atoms with Gasteiger partial charge in [0.1, 0.15) is 12.4 Å². The highest BCUT2D eigenvalue weighted by molar-refractivity contribution is 9.10. The van der Waals surface area contributed by atoms with Gasteiger partial charge < -0.3 is 10.1 Å². The third-order valence-corrected chi connectivity index (χ3v) is 4.15. The number of nitrogens with zero attached hydrogens (tertiary/aromatic N) is 1. The highest BCUT2D eigenvalue weighted by Gasteiger charge is 2.09. The Labute approximate surface area is 126 Å². The molecular formula is C14H17BrN2OS.